The van der Waals surface area contributed by atoms with Crippen molar-refractivity contribution in [1.82, 2.24) is 20.3 Å². The van der Waals surface area contributed by atoms with Crippen LogP contribution in [0.3, 0.4) is 0 Å². The summed E-state index contributed by atoms with van der Waals surface area (Å²) in [6, 6.07) is 0. The Morgan fingerprint density at radius 2 is 2.44 bits per heavy atom. The van der Waals surface area contributed by atoms with E-state index >= 15 is 0 Å². The minimum Gasteiger partial charge on any atom is -0.385 e. The van der Waals surface area contributed by atoms with Gasteiger partial charge in [0, 0.05) is 26.7 Å². The molecule has 0 aliphatic rings. The maximum Gasteiger partial charge on any atom is 0.110 e. The molecule has 0 aliphatic heterocycles. The number of rotatable bonds is 8. The summed E-state index contributed by atoms with van der Waals surface area (Å²) in [7, 11) is 1.65. The number of hydrogen-bond donors (Lipinski definition) is 2. The molecule has 0 radical (unpaired) electrons. The Labute approximate surface area is 95.6 Å². The molecule has 1 unspecified atom stereocenters. The number of aromatic nitrogens is 3. The Hall–Kier alpha value is -0.980. The van der Waals surface area contributed by atoms with Crippen molar-refractivity contribution < 1.29 is 9.84 Å². The van der Waals surface area contributed by atoms with E-state index in [1.165, 1.54) is 0 Å². The topological polar surface area (TPSA) is 72.2 Å². The molecule has 0 saturated heterocycles. The van der Waals surface area contributed by atoms with Crippen LogP contribution in [-0.4, -0.2) is 46.9 Å². The van der Waals surface area contributed by atoms with E-state index in [0.29, 0.717) is 13.2 Å². The molecular formula is C10H20N4O2. The highest BCUT2D eigenvalue weighted by Gasteiger charge is 2.12. The second kappa shape index (κ2) is 7.32. The summed E-state index contributed by atoms with van der Waals surface area (Å²) in [6.07, 6.45) is 2.01. The molecule has 1 heterocycles. The normalized spacial score (nSPS) is 12.9. The summed E-state index contributed by atoms with van der Waals surface area (Å²) < 4.78 is 6.64. The molecule has 0 bridgehead atoms. The van der Waals surface area contributed by atoms with Crippen molar-refractivity contribution in [3.05, 3.63) is 11.9 Å². The lowest BCUT2D eigenvalue weighted by molar-refractivity contribution is 0.153. The van der Waals surface area contributed by atoms with Crippen molar-refractivity contribution in [2.45, 2.75) is 26.0 Å². The number of hydrogen-bond acceptors (Lipinski definition) is 5. The minimum absolute atomic E-state index is 0.487. The monoisotopic (exact) mass is 228 g/mol. The third kappa shape index (κ3) is 3.88. The summed E-state index contributed by atoms with van der Waals surface area (Å²) in [4.78, 5) is 0. The van der Waals surface area contributed by atoms with Gasteiger partial charge in [-0.1, -0.05) is 12.1 Å². The molecule has 0 spiro atoms. The molecule has 0 aromatic carbocycles. The number of aryl methyl sites for hydroxylation is 1. The van der Waals surface area contributed by atoms with Gasteiger partial charge in [0.25, 0.3) is 0 Å². The van der Waals surface area contributed by atoms with Crippen molar-refractivity contribution in [2.24, 2.45) is 0 Å². The highest BCUT2D eigenvalue weighted by molar-refractivity contribution is 4.99. The van der Waals surface area contributed by atoms with Crippen molar-refractivity contribution in [1.29, 1.82) is 0 Å². The predicted octanol–water partition coefficient (Wildman–Crippen LogP) is -0.0425. The summed E-state index contributed by atoms with van der Waals surface area (Å²) in [6.45, 7) is 4.70. The Morgan fingerprint density at radius 1 is 1.62 bits per heavy atom. The van der Waals surface area contributed by atoms with Crippen molar-refractivity contribution in [3.63, 3.8) is 0 Å². The van der Waals surface area contributed by atoms with Crippen LogP contribution in [0, 0.1) is 0 Å². The van der Waals surface area contributed by atoms with Gasteiger partial charge >= 0.3 is 0 Å². The van der Waals surface area contributed by atoms with E-state index < -0.39 is 6.10 Å². The van der Waals surface area contributed by atoms with Crippen LogP contribution in [0.4, 0.5) is 0 Å². The molecule has 6 heteroatoms. The molecule has 0 saturated carbocycles. The first-order valence-corrected chi connectivity index (χ1v) is 5.55. The van der Waals surface area contributed by atoms with Crippen LogP contribution in [0.1, 0.15) is 25.1 Å². The lowest BCUT2D eigenvalue weighted by Crippen LogP contribution is -2.26. The van der Waals surface area contributed by atoms with E-state index in [4.69, 9.17) is 4.74 Å². The van der Waals surface area contributed by atoms with Crippen LogP contribution in [0.2, 0.25) is 0 Å². The molecule has 1 aromatic rings. The Balaban J connectivity index is 2.39. The maximum atomic E-state index is 9.91. The van der Waals surface area contributed by atoms with Gasteiger partial charge in [-0.15, -0.1) is 5.10 Å². The molecular weight excluding hydrogens is 208 g/mol. The zero-order valence-corrected chi connectivity index (χ0v) is 9.89. The van der Waals surface area contributed by atoms with Gasteiger partial charge in [0.2, 0.25) is 0 Å². The second-order valence-corrected chi connectivity index (χ2v) is 3.59. The van der Waals surface area contributed by atoms with Gasteiger partial charge in [-0.25, -0.2) is 4.68 Å². The number of ether oxygens (including phenoxy) is 1. The number of nitrogens with zero attached hydrogens (tertiary/aromatic N) is 3. The molecule has 0 amide bonds. The second-order valence-electron chi connectivity index (χ2n) is 3.59. The summed E-state index contributed by atoms with van der Waals surface area (Å²) in [5, 5.41) is 20.7. The highest BCUT2D eigenvalue weighted by Crippen LogP contribution is 2.09. The fourth-order valence-corrected chi connectivity index (χ4v) is 1.43. The predicted molar refractivity (Wildman–Crippen MR) is 60.0 cm³/mol. The molecule has 2 N–H and O–H groups in total. The highest BCUT2D eigenvalue weighted by atomic mass is 16.5. The van der Waals surface area contributed by atoms with Gasteiger partial charge in [-0.05, 0) is 6.42 Å². The largest absolute Gasteiger partial charge is 0.385 e. The van der Waals surface area contributed by atoms with Gasteiger partial charge in [-0.3, -0.25) is 0 Å². The zero-order chi connectivity index (χ0) is 11.8. The molecule has 1 rings (SSSR count). The minimum atomic E-state index is -0.571. The summed E-state index contributed by atoms with van der Waals surface area (Å²) in [5.74, 6) is 0. The molecule has 0 fully saturated rings. The fourth-order valence-electron chi connectivity index (χ4n) is 1.43. The number of aliphatic hydroxyl groups is 1. The average Bonchev–Trinajstić information content (AvgIpc) is 2.73. The van der Waals surface area contributed by atoms with Crippen LogP contribution < -0.4 is 5.32 Å². The lowest BCUT2D eigenvalue weighted by atomic mass is 10.2. The molecule has 1 atom stereocenters. The van der Waals surface area contributed by atoms with Gasteiger partial charge in [0.1, 0.15) is 6.10 Å². The lowest BCUT2D eigenvalue weighted by Gasteiger charge is -2.12. The van der Waals surface area contributed by atoms with Crippen LogP contribution in [0.5, 0.6) is 0 Å². The van der Waals surface area contributed by atoms with Gasteiger partial charge in [0.15, 0.2) is 0 Å². The molecule has 92 valence electrons. The number of nitrogens with one attached hydrogen (secondary N) is 1. The molecule has 16 heavy (non-hydrogen) atoms. The van der Waals surface area contributed by atoms with Crippen LogP contribution in [0.15, 0.2) is 6.20 Å². The Morgan fingerprint density at radius 3 is 3.12 bits per heavy atom. The smallest absolute Gasteiger partial charge is 0.110 e. The van der Waals surface area contributed by atoms with E-state index in [1.807, 2.05) is 0 Å². The van der Waals surface area contributed by atoms with E-state index in [9.17, 15) is 5.11 Å². The number of methoxy groups -OCH3 is 1. The van der Waals surface area contributed by atoms with Crippen LogP contribution >= 0.6 is 0 Å². The Bertz CT molecular complexity index is 290. The van der Waals surface area contributed by atoms with Gasteiger partial charge < -0.3 is 15.2 Å². The quantitative estimate of drug-likeness (QED) is 0.611. The van der Waals surface area contributed by atoms with E-state index in [2.05, 4.69) is 22.6 Å². The zero-order valence-electron chi connectivity index (χ0n) is 9.89. The maximum absolute atomic E-state index is 9.91. The van der Waals surface area contributed by atoms with E-state index in [0.717, 1.165) is 25.2 Å². The first-order valence-electron chi connectivity index (χ1n) is 5.55. The summed E-state index contributed by atoms with van der Waals surface area (Å²) in [5.41, 5.74) is 0.756. The van der Waals surface area contributed by atoms with Crippen molar-refractivity contribution in [2.75, 3.05) is 26.8 Å². The van der Waals surface area contributed by atoms with E-state index in [1.54, 1.807) is 18.0 Å². The molecule has 0 aliphatic carbocycles. The third-order valence-corrected chi connectivity index (χ3v) is 2.25. The van der Waals surface area contributed by atoms with Crippen LogP contribution in [-0.2, 0) is 11.3 Å². The van der Waals surface area contributed by atoms with E-state index in [-0.39, 0.29) is 0 Å². The SMILES string of the molecule is CCCn1nncc1C(O)CNCCOC. The Kier molecular flexibility index (Phi) is 5.99. The van der Waals surface area contributed by atoms with Gasteiger partial charge in [-0.2, -0.15) is 0 Å². The van der Waals surface area contributed by atoms with Crippen molar-refractivity contribution >= 4 is 0 Å². The first kappa shape index (κ1) is 13.1. The van der Waals surface area contributed by atoms with Crippen molar-refractivity contribution in [3.8, 4) is 0 Å². The first-order chi connectivity index (χ1) is 7.79. The van der Waals surface area contributed by atoms with Crippen LogP contribution in [0.25, 0.3) is 0 Å². The van der Waals surface area contributed by atoms with Gasteiger partial charge in [0.05, 0.1) is 18.5 Å². The number of aliphatic hydroxyl groups excluding tert-OH is 1. The molecule has 6 nitrogen and oxygen atoms in total. The molecule has 1 aromatic heterocycles. The fraction of sp³-hybridized carbons (Fsp3) is 0.800. The summed E-state index contributed by atoms with van der Waals surface area (Å²) >= 11 is 0. The average molecular weight is 228 g/mol. The third-order valence-electron chi connectivity index (χ3n) is 2.25. The standard InChI is InChI=1S/C10H20N4O2/c1-3-5-14-9(7-12-13-14)10(15)8-11-4-6-16-2/h7,10-11,15H,3-6,8H2,1-2H3.